The molecule has 224 valence electrons. The van der Waals surface area contributed by atoms with Crippen molar-refractivity contribution in [1.82, 2.24) is 15.0 Å². The van der Waals surface area contributed by atoms with Gasteiger partial charge in [0.15, 0.2) is 15.3 Å². The summed E-state index contributed by atoms with van der Waals surface area (Å²) in [6.07, 6.45) is 1.35. The van der Waals surface area contributed by atoms with Crippen molar-refractivity contribution in [3.63, 3.8) is 0 Å². The number of anilines is 2. The van der Waals surface area contributed by atoms with E-state index in [-0.39, 0.29) is 24.6 Å². The summed E-state index contributed by atoms with van der Waals surface area (Å²) >= 11 is 4.77. The maximum atomic E-state index is 15.2. The van der Waals surface area contributed by atoms with Crippen LogP contribution in [0.5, 0.6) is 5.75 Å². The summed E-state index contributed by atoms with van der Waals surface area (Å²) in [5.41, 5.74) is 1.45. The number of hydrogen-bond donors (Lipinski definition) is 1. The third-order valence-corrected chi connectivity index (χ3v) is 10.4. The third kappa shape index (κ3) is 7.18. The van der Waals surface area contributed by atoms with E-state index in [0.717, 1.165) is 0 Å². The van der Waals surface area contributed by atoms with Crippen molar-refractivity contribution in [2.45, 2.75) is 44.7 Å². The van der Waals surface area contributed by atoms with Crippen LogP contribution in [0, 0.1) is 11.6 Å². The van der Waals surface area contributed by atoms with Crippen LogP contribution >= 0.6 is 27.3 Å². The van der Waals surface area contributed by atoms with Crippen molar-refractivity contribution in [3.05, 3.63) is 93.0 Å². The molecule has 5 aromatic rings. The summed E-state index contributed by atoms with van der Waals surface area (Å²) in [7, 11) is -3.42. The first-order chi connectivity index (χ1) is 20.5. The van der Waals surface area contributed by atoms with Crippen LogP contribution in [0.25, 0.3) is 22.2 Å². The van der Waals surface area contributed by atoms with Gasteiger partial charge in [-0.2, -0.15) is 0 Å². The third-order valence-electron chi connectivity index (χ3n) is 6.59. The highest BCUT2D eigenvalue weighted by Crippen LogP contribution is 2.34. The molecule has 0 bridgehead atoms. The van der Waals surface area contributed by atoms with Crippen LogP contribution in [-0.4, -0.2) is 34.1 Å². The zero-order chi connectivity index (χ0) is 30.7. The van der Waals surface area contributed by atoms with Crippen LogP contribution in [0.15, 0.2) is 70.8 Å². The Morgan fingerprint density at radius 2 is 1.84 bits per heavy atom. The van der Waals surface area contributed by atoms with E-state index in [2.05, 4.69) is 36.2 Å². The fourth-order valence-electron chi connectivity index (χ4n) is 4.16. The Balaban J connectivity index is 1.34. The fraction of sp³-hybridized carbons (Fsp3) is 0.233. The number of nitrogens with one attached hydrogen (secondary N) is 1. The van der Waals surface area contributed by atoms with E-state index >= 15 is 4.39 Å². The van der Waals surface area contributed by atoms with Crippen LogP contribution in [0.3, 0.4) is 0 Å². The number of rotatable bonds is 11. The summed E-state index contributed by atoms with van der Waals surface area (Å²) in [6, 6.07) is 14.5. The minimum atomic E-state index is -3.42. The van der Waals surface area contributed by atoms with E-state index in [4.69, 9.17) is 9.47 Å². The van der Waals surface area contributed by atoms with Gasteiger partial charge in [-0.15, -0.1) is 11.3 Å². The number of benzene rings is 3. The van der Waals surface area contributed by atoms with Gasteiger partial charge < -0.3 is 14.8 Å². The Kier molecular flexibility index (Phi) is 9.35. The van der Waals surface area contributed by atoms with E-state index in [9.17, 15) is 12.8 Å². The molecule has 2 aromatic heterocycles. The Morgan fingerprint density at radius 3 is 2.58 bits per heavy atom. The Labute approximate surface area is 260 Å². The number of ether oxygens (including phenoxy) is 2. The maximum absolute atomic E-state index is 15.2. The van der Waals surface area contributed by atoms with Crippen molar-refractivity contribution in [2.75, 3.05) is 5.32 Å². The minimum Gasteiger partial charge on any atom is -0.488 e. The Morgan fingerprint density at radius 1 is 1.02 bits per heavy atom. The molecular formula is C30H27BrF2N4O4S2. The van der Waals surface area contributed by atoms with Gasteiger partial charge in [0.25, 0.3) is 0 Å². The normalized spacial score (nSPS) is 12.5. The van der Waals surface area contributed by atoms with Crippen LogP contribution < -0.4 is 10.1 Å². The van der Waals surface area contributed by atoms with E-state index < -0.39 is 26.3 Å². The largest absolute Gasteiger partial charge is 0.488 e. The van der Waals surface area contributed by atoms with Gasteiger partial charge in [0, 0.05) is 28.1 Å². The van der Waals surface area contributed by atoms with E-state index in [1.165, 1.54) is 42.8 Å². The summed E-state index contributed by atoms with van der Waals surface area (Å²) in [6.45, 7) is 4.89. The molecular weight excluding hydrogens is 662 g/mol. The molecule has 0 aliphatic carbocycles. The molecule has 3 aromatic carbocycles. The molecule has 8 nitrogen and oxygen atoms in total. The van der Waals surface area contributed by atoms with Crippen molar-refractivity contribution in [3.8, 4) is 17.0 Å². The van der Waals surface area contributed by atoms with Gasteiger partial charge in [-0.1, -0.05) is 12.1 Å². The van der Waals surface area contributed by atoms with Crippen molar-refractivity contribution in [2.24, 2.45) is 0 Å². The van der Waals surface area contributed by atoms with Gasteiger partial charge in [0.2, 0.25) is 0 Å². The molecule has 0 fully saturated rings. The van der Waals surface area contributed by atoms with Crippen LogP contribution in [0.1, 0.15) is 31.3 Å². The number of aromatic nitrogens is 3. The SMILES string of the molecule is CC(C)S(=O)(=O)C(C)OCc1nc(-c2cc3c(Nc4ccc(OCc5cccc(F)c5)c(Br)c4)ncnc3cc2F)cs1. The topological polar surface area (TPSA) is 103 Å². The molecule has 1 atom stereocenters. The zero-order valence-electron chi connectivity index (χ0n) is 23.3. The standard InChI is InChI=1S/C30H27BrF2N4O4S2/c1-17(2)43(38,39)18(3)40-14-29-37-27(15-42-29)22-11-23-26(12-25(22)33)34-16-35-30(23)36-21-7-8-28(24(31)10-21)41-13-19-5-4-6-20(32)9-19/h4-12,15-18H,13-14H2,1-3H3,(H,34,35,36). The lowest BCUT2D eigenvalue weighted by atomic mass is 10.1. The number of hydrogen-bond acceptors (Lipinski definition) is 9. The summed E-state index contributed by atoms with van der Waals surface area (Å²) < 4.78 is 65.3. The van der Waals surface area contributed by atoms with Gasteiger partial charge in [-0.3, -0.25) is 0 Å². The average molecular weight is 690 g/mol. The average Bonchev–Trinajstić information content (AvgIpc) is 3.44. The Bertz CT molecular complexity index is 1890. The first-order valence-corrected chi connectivity index (χ1v) is 16.5. The van der Waals surface area contributed by atoms with E-state index in [1.807, 2.05) is 6.07 Å². The van der Waals surface area contributed by atoms with E-state index in [1.54, 1.807) is 49.6 Å². The summed E-state index contributed by atoms with van der Waals surface area (Å²) in [5.74, 6) is 0.200. The second-order valence-corrected chi connectivity index (χ2v) is 14.5. The lowest BCUT2D eigenvalue weighted by Crippen LogP contribution is -2.28. The molecule has 1 unspecified atom stereocenters. The second-order valence-electron chi connectivity index (χ2n) is 9.90. The molecule has 0 radical (unpaired) electrons. The van der Waals surface area contributed by atoms with Crippen molar-refractivity contribution in [1.29, 1.82) is 0 Å². The van der Waals surface area contributed by atoms with Crippen LogP contribution in [-0.2, 0) is 27.8 Å². The molecule has 5 rings (SSSR count). The summed E-state index contributed by atoms with van der Waals surface area (Å²) in [5, 5.41) is 5.48. The minimum absolute atomic E-state index is 0.0142. The first kappa shape index (κ1) is 30.9. The predicted molar refractivity (Wildman–Crippen MR) is 167 cm³/mol. The van der Waals surface area contributed by atoms with Gasteiger partial charge >= 0.3 is 0 Å². The lowest BCUT2D eigenvalue weighted by molar-refractivity contribution is 0.103. The molecule has 0 aliphatic heterocycles. The molecule has 43 heavy (non-hydrogen) atoms. The molecule has 0 saturated heterocycles. The number of nitrogens with zero attached hydrogens (tertiary/aromatic N) is 3. The highest BCUT2D eigenvalue weighted by Gasteiger charge is 2.25. The second kappa shape index (κ2) is 13.0. The maximum Gasteiger partial charge on any atom is 0.179 e. The van der Waals surface area contributed by atoms with E-state index in [0.29, 0.717) is 48.9 Å². The number of halogens is 3. The van der Waals surface area contributed by atoms with Gasteiger partial charge in [-0.25, -0.2) is 32.2 Å². The molecule has 0 amide bonds. The highest BCUT2D eigenvalue weighted by molar-refractivity contribution is 9.10. The first-order valence-electron chi connectivity index (χ1n) is 13.2. The molecule has 2 heterocycles. The lowest BCUT2D eigenvalue weighted by Gasteiger charge is -2.15. The van der Waals surface area contributed by atoms with Gasteiger partial charge in [0.1, 0.15) is 47.8 Å². The molecule has 0 spiro atoms. The van der Waals surface area contributed by atoms with Crippen molar-refractivity contribution < 1.29 is 26.7 Å². The molecule has 0 saturated carbocycles. The molecule has 13 heteroatoms. The molecule has 0 aliphatic rings. The van der Waals surface area contributed by atoms with Crippen molar-refractivity contribution >= 4 is 59.5 Å². The fourth-order valence-corrected chi connectivity index (χ4v) is 6.39. The highest BCUT2D eigenvalue weighted by atomic mass is 79.9. The molecule has 1 N–H and O–H groups in total. The van der Waals surface area contributed by atoms with Crippen LogP contribution in [0.4, 0.5) is 20.3 Å². The monoisotopic (exact) mass is 688 g/mol. The summed E-state index contributed by atoms with van der Waals surface area (Å²) in [4.78, 5) is 13.1. The van der Waals surface area contributed by atoms with Crippen LogP contribution in [0.2, 0.25) is 0 Å². The predicted octanol–water partition coefficient (Wildman–Crippen LogP) is 7.80. The number of thiazole rings is 1. The Hall–Kier alpha value is -3.52. The number of sulfone groups is 1. The smallest absolute Gasteiger partial charge is 0.179 e. The van der Waals surface area contributed by atoms with Gasteiger partial charge in [-0.05, 0) is 78.7 Å². The number of fused-ring (bicyclic) bond motifs is 1. The quantitative estimate of drug-likeness (QED) is 0.150. The van der Waals surface area contributed by atoms with Gasteiger partial charge in [0.05, 0.1) is 20.9 Å². The zero-order valence-corrected chi connectivity index (χ0v) is 26.6.